The Balaban J connectivity index is 0.000000310. The molecule has 3 heterocycles. The van der Waals surface area contributed by atoms with Crippen LogP contribution in [0.4, 0.5) is 5.95 Å². The number of aliphatic hydroxyl groups is 3. The van der Waals surface area contributed by atoms with Crippen LogP contribution in [-0.2, 0) is 4.74 Å². The third-order valence-electron chi connectivity index (χ3n) is 4.27. The lowest BCUT2D eigenvalue weighted by Gasteiger charge is -2.11. The Labute approximate surface area is 186 Å². The van der Waals surface area contributed by atoms with Gasteiger partial charge in [0.2, 0.25) is 5.10 Å². The van der Waals surface area contributed by atoms with E-state index in [0.717, 1.165) is 11.3 Å². The van der Waals surface area contributed by atoms with Gasteiger partial charge in [-0.3, -0.25) is 10.5 Å². The van der Waals surface area contributed by atoms with Crippen molar-refractivity contribution < 1.29 is 48.3 Å². The largest absolute Gasteiger partial charge is 1.00 e. The van der Waals surface area contributed by atoms with Crippen LogP contribution in [-0.4, -0.2) is 56.2 Å². The van der Waals surface area contributed by atoms with Crippen molar-refractivity contribution in [3.05, 3.63) is 50.8 Å². The molecule has 0 unspecified atom stereocenters. The number of aromatic nitrogens is 4. The molecule has 0 saturated carbocycles. The summed E-state index contributed by atoms with van der Waals surface area (Å²) >= 11 is 1.10. The molecule has 15 heteroatoms. The number of anilines is 1. The Bertz CT molecular complexity index is 1080. The molecule has 1 aromatic carbocycles. The van der Waals surface area contributed by atoms with Crippen LogP contribution in [0.2, 0.25) is 0 Å². The van der Waals surface area contributed by atoms with E-state index in [1.54, 1.807) is 12.1 Å². The van der Waals surface area contributed by atoms with Crippen LogP contribution in [0.25, 0.3) is 11.0 Å². The van der Waals surface area contributed by atoms with E-state index in [9.17, 15) is 25.4 Å². The van der Waals surface area contributed by atoms with Crippen LogP contribution in [0.1, 0.15) is 23.0 Å². The summed E-state index contributed by atoms with van der Waals surface area (Å²) in [4.78, 5) is 15.1. The summed E-state index contributed by atoms with van der Waals surface area (Å²) in [7, 11) is 0. The Morgan fingerprint density at radius 1 is 1.26 bits per heavy atom. The Morgan fingerprint density at radius 3 is 2.45 bits per heavy atom. The van der Waals surface area contributed by atoms with Gasteiger partial charge < -0.3 is 48.6 Å². The highest BCUT2D eigenvalue weighted by Gasteiger charge is 2.44. The number of nitrogens with zero attached hydrogens (tertiary/aromatic N) is 4. The van der Waals surface area contributed by atoms with E-state index in [-0.39, 0.29) is 36.5 Å². The summed E-state index contributed by atoms with van der Waals surface area (Å²) in [6.45, 7) is -0.400. The fourth-order valence-corrected chi connectivity index (χ4v) is 3.63. The number of amides is 1. The maximum absolute atomic E-state index is 11.3. The van der Waals surface area contributed by atoms with E-state index in [2.05, 4.69) is 10.1 Å². The molecule has 1 saturated heterocycles. The Morgan fingerprint density at radius 2 is 1.90 bits per heavy atom. The highest BCUT2D eigenvalue weighted by molar-refractivity contribution is 7.09. The molecule has 1 aliphatic heterocycles. The molecule has 168 valence electrons. The van der Waals surface area contributed by atoms with Crippen molar-refractivity contribution in [3.8, 4) is 0 Å². The number of hydrogen-bond donors (Lipinski definition) is 5. The number of nitrogen functional groups attached to an aromatic ring is 1. The van der Waals surface area contributed by atoms with Crippen LogP contribution in [0.5, 0.6) is 0 Å². The van der Waals surface area contributed by atoms with Crippen LogP contribution < -0.4 is 33.4 Å². The summed E-state index contributed by atoms with van der Waals surface area (Å²) in [6, 6.07) is 6.31. The zero-order valence-electron chi connectivity index (χ0n) is 16.6. The predicted molar refractivity (Wildman–Crippen MR) is 103 cm³/mol. The van der Waals surface area contributed by atoms with E-state index < -0.39 is 36.9 Å². The maximum Gasteiger partial charge on any atom is 1.00 e. The molecule has 4 atom stereocenters. The summed E-state index contributed by atoms with van der Waals surface area (Å²) in [5.41, 5.74) is 10.8. The van der Waals surface area contributed by atoms with Gasteiger partial charge in [-0.05, 0) is 6.07 Å². The van der Waals surface area contributed by atoms with Crippen molar-refractivity contribution in [2.24, 2.45) is 5.73 Å². The van der Waals surface area contributed by atoms with Crippen LogP contribution >= 0.6 is 11.3 Å². The third-order valence-corrected chi connectivity index (χ3v) is 5.17. The molecule has 1 fully saturated rings. The molecule has 4 rings (SSSR count). The Kier molecular flexibility index (Phi) is 7.83. The van der Waals surface area contributed by atoms with Gasteiger partial charge in [0.25, 0.3) is 11.4 Å². The van der Waals surface area contributed by atoms with Crippen molar-refractivity contribution in [2.45, 2.75) is 24.4 Å². The van der Waals surface area contributed by atoms with Gasteiger partial charge in [0.15, 0.2) is 5.52 Å². The fourth-order valence-electron chi connectivity index (χ4n) is 2.74. The third kappa shape index (κ3) is 4.90. The topological polar surface area (TPSA) is 219 Å². The number of rotatable bonds is 3. The normalized spacial score (nSPS) is 22.4. The van der Waals surface area contributed by atoms with E-state index >= 15 is 0 Å². The molecular formula is C16H19ClN6O7S. The molecule has 0 aliphatic carbocycles. The molecule has 13 nitrogen and oxygen atoms in total. The van der Waals surface area contributed by atoms with Gasteiger partial charge in [0.1, 0.15) is 35.1 Å². The monoisotopic (exact) mass is 474 g/mol. The summed E-state index contributed by atoms with van der Waals surface area (Å²) in [5, 5.41) is 55.7. The molecule has 3 aromatic rings. The quantitative estimate of drug-likeness (QED) is 0.179. The van der Waals surface area contributed by atoms with Gasteiger partial charge >= 0.3 is 7.37 Å². The van der Waals surface area contributed by atoms with E-state index in [0.29, 0.717) is 14.6 Å². The first-order valence-electron chi connectivity index (χ1n) is 8.50. The summed E-state index contributed by atoms with van der Waals surface area (Å²) in [5.74, 6) is -1.02. The second-order valence-electron chi connectivity index (χ2n) is 6.21. The number of aliphatic hydroxyl groups excluding tert-OH is 3. The summed E-state index contributed by atoms with van der Waals surface area (Å²) < 4.78 is 5.68. The summed E-state index contributed by atoms with van der Waals surface area (Å²) in [6.07, 6.45) is -4.05. The predicted octanol–water partition coefficient (Wildman–Crippen LogP) is -5.40. The van der Waals surface area contributed by atoms with Crippen LogP contribution in [0, 0.1) is 10.4 Å². The van der Waals surface area contributed by atoms with Crippen molar-refractivity contribution in [1.82, 2.24) is 10.1 Å². The van der Waals surface area contributed by atoms with Crippen molar-refractivity contribution in [1.29, 1.82) is 0 Å². The first-order valence-corrected chi connectivity index (χ1v) is 9.37. The van der Waals surface area contributed by atoms with Gasteiger partial charge in [0, 0.05) is 16.3 Å². The average molecular weight is 475 g/mol. The van der Waals surface area contributed by atoms with E-state index in [1.165, 1.54) is 17.5 Å². The van der Waals surface area contributed by atoms with Gasteiger partial charge in [-0.15, -0.1) is 11.3 Å². The number of nitrogens with two attached hydrogens (primary N) is 2. The standard InChI is InChI=1S/C9H12N2O5S.C7H6N4O2.ClH/c10-8(15)3-2-17-9(11-3)7-6(14)5(13)4(1-12)16-7;8-7-9-11(13)6-4-2-1-3-5(6)10(7)12;/h2,4-7,12-14H,1H2,(H2,10,15);1-4H,(H2,8,9);1H/t4-,5-,6-,7-;;/m1../s1. The second-order valence-corrected chi connectivity index (χ2v) is 7.10. The lowest BCUT2D eigenvalue weighted by Crippen LogP contribution is -3.00. The zero-order valence-corrected chi connectivity index (χ0v) is 17.2. The van der Waals surface area contributed by atoms with Crippen molar-refractivity contribution in [3.63, 3.8) is 0 Å². The zero-order chi connectivity index (χ0) is 22.0. The number of primary amides is 1. The molecule has 0 radical (unpaired) electrons. The highest BCUT2D eigenvalue weighted by Crippen LogP contribution is 2.34. The average Bonchev–Trinajstić information content (AvgIpc) is 3.33. The number of carbonyl (C=O) groups excluding carboxylic acids is 1. The van der Waals surface area contributed by atoms with Gasteiger partial charge in [-0.2, -0.15) is 0 Å². The number of carbonyl (C=O) groups is 1. The number of para-hydroxylation sites is 2. The molecule has 0 spiro atoms. The molecule has 1 amide bonds. The van der Waals surface area contributed by atoms with E-state index in [1.807, 2.05) is 0 Å². The first kappa shape index (κ1) is 24.4. The van der Waals surface area contributed by atoms with Gasteiger partial charge in [-0.1, -0.05) is 12.1 Å². The number of hydrogen-bond acceptors (Lipinski definition) is 11. The number of halogens is 1. The fraction of sp³-hybridized carbons (Fsp3) is 0.312. The molecule has 0 bridgehead atoms. The minimum absolute atomic E-state index is 0. The van der Waals surface area contributed by atoms with Crippen molar-refractivity contribution >= 4 is 34.2 Å². The molecule has 2 aromatic heterocycles. The SMILES string of the molecule is NC(=O)c1csc([C@@H]2O[C@H](CO)[C@@H](O)[C@H]2O)n1.Nc1n[n+]([O-])c2ccccc2[n+]1[O-].[Cl-].[H+]. The van der Waals surface area contributed by atoms with Crippen molar-refractivity contribution in [2.75, 3.05) is 12.3 Å². The van der Waals surface area contributed by atoms with Crippen LogP contribution in [0.15, 0.2) is 29.6 Å². The number of thiazole rings is 1. The van der Waals surface area contributed by atoms with E-state index in [4.69, 9.17) is 21.3 Å². The number of ether oxygens (including phenoxy) is 1. The lowest BCUT2D eigenvalue weighted by atomic mass is 10.1. The molecular weight excluding hydrogens is 456 g/mol. The highest BCUT2D eigenvalue weighted by atomic mass is 35.5. The lowest BCUT2D eigenvalue weighted by molar-refractivity contribution is -0.672. The second kappa shape index (κ2) is 9.95. The Hall–Kier alpha value is -2.88. The molecule has 31 heavy (non-hydrogen) atoms. The number of benzene rings is 1. The van der Waals surface area contributed by atoms with Crippen LogP contribution in [0.3, 0.4) is 0 Å². The minimum atomic E-state index is -1.18. The number of fused-ring (bicyclic) bond motifs is 1. The molecule has 1 aliphatic rings. The maximum atomic E-state index is 11.3. The minimum Gasteiger partial charge on any atom is -1.00 e. The molecule has 7 N–H and O–H groups in total. The first-order chi connectivity index (χ1) is 14.2. The smallest absolute Gasteiger partial charge is 1.00 e. The van der Waals surface area contributed by atoms with Gasteiger partial charge in [0.05, 0.1) is 6.61 Å². The van der Waals surface area contributed by atoms with Gasteiger partial charge in [-0.25, -0.2) is 9.71 Å².